The molecule has 10 heteroatoms. The third kappa shape index (κ3) is 4.20. The van der Waals surface area contributed by atoms with E-state index in [2.05, 4.69) is 5.16 Å². The Hall–Kier alpha value is -2.98. The van der Waals surface area contributed by atoms with E-state index in [1.54, 1.807) is 23.6 Å². The second kappa shape index (κ2) is 8.87. The van der Waals surface area contributed by atoms with Crippen molar-refractivity contribution in [2.24, 2.45) is 0 Å². The average Bonchev–Trinajstić information content (AvgIpc) is 3.15. The number of fused-ring (bicyclic) bond motifs is 1. The van der Waals surface area contributed by atoms with Crippen LogP contribution in [0.4, 0.5) is 5.69 Å². The van der Waals surface area contributed by atoms with Crippen LogP contribution < -0.4 is 4.90 Å². The number of sulfonamides is 1. The zero-order valence-electron chi connectivity index (χ0n) is 18.2. The van der Waals surface area contributed by atoms with Gasteiger partial charge in [0.25, 0.3) is 5.91 Å². The first-order chi connectivity index (χ1) is 15.3. The molecule has 9 nitrogen and oxygen atoms in total. The number of rotatable bonds is 4. The number of piperazine rings is 1. The topological polar surface area (TPSA) is 104 Å². The summed E-state index contributed by atoms with van der Waals surface area (Å²) in [6.45, 7) is 4.59. The molecule has 1 aromatic carbocycles. The minimum atomic E-state index is -3.74. The first kappa shape index (κ1) is 22.2. The van der Waals surface area contributed by atoms with E-state index in [9.17, 15) is 18.0 Å². The number of benzene rings is 1. The van der Waals surface area contributed by atoms with Crippen molar-refractivity contribution in [1.29, 1.82) is 0 Å². The molecule has 1 fully saturated rings. The van der Waals surface area contributed by atoms with Crippen LogP contribution in [0.3, 0.4) is 0 Å². The molecule has 0 saturated carbocycles. The lowest BCUT2D eigenvalue weighted by molar-refractivity contribution is -0.127. The lowest BCUT2D eigenvalue weighted by Crippen LogP contribution is -2.50. The number of hydrogen-bond donors (Lipinski definition) is 0. The SMILES string of the molecule is Cc1noc(C)c1S(=O)(=O)N1CCN(C(=O)/C=C/C(=O)N2CCCc3ccccc32)CC1. The zero-order valence-corrected chi connectivity index (χ0v) is 19.0. The van der Waals surface area contributed by atoms with Crippen molar-refractivity contribution in [3.63, 3.8) is 0 Å². The monoisotopic (exact) mass is 458 g/mol. The maximum absolute atomic E-state index is 12.9. The number of aromatic nitrogens is 1. The number of amides is 2. The van der Waals surface area contributed by atoms with Gasteiger partial charge in [0, 0.05) is 50.6 Å². The highest BCUT2D eigenvalue weighted by molar-refractivity contribution is 7.89. The summed E-state index contributed by atoms with van der Waals surface area (Å²) in [5.74, 6) is -0.287. The Morgan fingerprint density at radius 1 is 1.00 bits per heavy atom. The van der Waals surface area contributed by atoms with E-state index >= 15 is 0 Å². The molecule has 2 amide bonds. The third-order valence-electron chi connectivity index (χ3n) is 5.86. The normalized spacial score (nSPS) is 17.6. The quantitative estimate of drug-likeness (QED) is 0.646. The van der Waals surface area contributed by atoms with Gasteiger partial charge in [-0.3, -0.25) is 9.59 Å². The van der Waals surface area contributed by atoms with Gasteiger partial charge in [-0.05, 0) is 38.3 Å². The van der Waals surface area contributed by atoms with Crippen molar-refractivity contribution in [2.45, 2.75) is 31.6 Å². The molecule has 0 bridgehead atoms. The molecule has 4 rings (SSSR count). The van der Waals surface area contributed by atoms with E-state index in [-0.39, 0.29) is 48.6 Å². The minimum Gasteiger partial charge on any atom is -0.360 e. The van der Waals surface area contributed by atoms with Crippen molar-refractivity contribution < 1.29 is 22.5 Å². The number of aryl methyl sites for hydroxylation is 3. The number of hydrogen-bond acceptors (Lipinski definition) is 6. The van der Waals surface area contributed by atoms with Crippen LogP contribution >= 0.6 is 0 Å². The lowest BCUT2D eigenvalue weighted by Gasteiger charge is -2.33. The Morgan fingerprint density at radius 3 is 2.38 bits per heavy atom. The van der Waals surface area contributed by atoms with Gasteiger partial charge >= 0.3 is 0 Å². The molecular formula is C22H26N4O5S. The molecule has 0 aliphatic carbocycles. The predicted molar refractivity (Wildman–Crippen MR) is 118 cm³/mol. The van der Waals surface area contributed by atoms with E-state index < -0.39 is 10.0 Å². The lowest BCUT2D eigenvalue weighted by atomic mass is 10.0. The highest BCUT2D eigenvalue weighted by Gasteiger charge is 2.34. The molecule has 0 N–H and O–H groups in total. The van der Waals surface area contributed by atoms with E-state index in [0.29, 0.717) is 12.2 Å². The smallest absolute Gasteiger partial charge is 0.251 e. The number of para-hydroxylation sites is 1. The maximum Gasteiger partial charge on any atom is 0.251 e. The number of carbonyl (C=O) groups excluding carboxylic acids is 2. The standard InChI is InChI=1S/C22H26N4O5S/c1-16-22(17(2)31-23-16)32(29,30)25-14-12-24(13-15-25)20(27)9-10-21(28)26-11-5-7-18-6-3-4-8-19(18)26/h3-4,6,8-10H,5,7,11-15H2,1-2H3/b10-9+. The Labute approximate surface area is 187 Å². The molecule has 3 heterocycles. The molecular weight excluding hydrogens is 432 g/mol. The van der Waals surface area contributed by atoms with Gasteiger partial charge in [-0.1, -0.05) is 23.4 Å². The van der Waals surface area contributed by atoms with Gasteiger partial charge in [-0.25, -0.2) is 8.42 Å². The zero-order chi connectivity index (χ0) is 22.9. The summed E-state index contributed by atoms with van der Waals surface area (Å²) in [5.41, 5.74) is 2.34. The van der Waals surface area contributed by atoms with E-state index in [1.165, 1.54) is 16.5 Å². The van der Waals surface area contributed by atoms with Crippen LogP contribution in [-0.4, -0.2) is 67.3 Å². The van der Waals surface area contributed by atoms with Gasteiger partial charge in [-0.2, -0.15) is 4.31 Å². The number of carbonyl (C=O) groups is 2. The summed E-state index contributed by atoms with van der Waals surface area (Å²) in [6.07, 6.45) is 4.39. The fourth-order valence-electron chi connectivity index (χ4n) is 4.22. The van der Waals surface area contributed by atoms with Crippen LogP contribution in [0.25, 0.3) is 0 Å². The molecule has 0 unspecified atom stereocenters. The van der Waals surface area contributed by atoms with Gasteiger partial charge in [0.2, 0.25) is 15.9 Å². The Bertz CT molecular complexity index is 1140. The molecule has 170 valence electrons. The van der Waals surface area contributed by atoms with Crippen molar-refractivity contribution >= 4 is 27.5 Å². The summed E-state index contributed by atoms with van der Waals surface area (Å²) in [6, 6.07) is 7.79. The third-order valence-corrected chi connectivity index (χ3v) is 8.00. The summed E-state index contributed by atoms with van der Waals surface area (Å²) in [7, 11) is -3.74. The summed E-state index contributed by atoms with van der Waals surface area (Å²) >= 11 is 0. The number of nitrogens with zero attached hydrogens (tertiary/aromatic N) is 4. The maximum atomic E-state index is 12.9. The molecule has 0 atom stereocenters. The van der Waals surface area contributed by atoms with Gasteiger partial charge < -0.3 is 14.3 Å². The van der Waals surface area contributed by atoms with Crippen LogP contribution in [0.2, 0.25) is 0 Å². The van der Waals surface area contributed by atoms with Crippen LogP contribution in [-0.2, 0) is 26.0 Å². The van der Waals surface area contributed by atoms with Crippen LogP contribution in [0.15, 0.2) is 45.8 Å². The Morgan fingerprint density at radius 2 is 1.69 bits per heavy atom. The fraction of sp³-hybridized carbons (Fsp3) is 0.409. The molecule has 1 aromatic heterocycles. The van der Waals surface area contributed by atoms with Gasteiger partial charge in [0.05, 0.1) is 0 Å². The molecule has 0 radical (unpaired) electrons. The number of anilines is 1. The summed E-state index contributed by atoms with van der Waals surface area (Å²) < 4.78 is 32.2. The van der Waals surface area contributed by atoms with Gasteiger partial charge in [-0.15, -0.1) is 0 Å². The summed E-state index contributed by atoms with van der Waals surface area (Å²) in [5, 5.41) is 3.72. The largest absolute Gasteiger partial charge is 0.360 e. The van der Waals surface area contributed by atoms with Crippen molar-refractivity contribution in [3.05, 3.63) is 53.4 Å². The van der Waals surface area contributed by atoms with Crippen LogP contribution in [0.5, 0.6) is 0 Å². The highest BCUT2D eigenvalue weighted by Crippen LogP contribution is 2.27. The molecule has 2 aliphatic rings. The van der Waals surface area contributed by atoms with Crippen molar-refractivity contribution in [1.82, 2.24) is 14.4 Å². The fourth-order valence-corrected chi connectivity index (χ4v) is 5.93. The first-order valence-corrected chi connectivity index (χ1v) is 12.0. The van der Waals surface area contributed by atoms with Gasteiger partial charge in [0.1, 0.15) is 10.6 Å². The van der Waals surface area contributed by atoms with Crippen molar-refractivity contribution in [2.75, 3.05) is 37.6 Å². The molecule has 2 aromatic rings. The van der Waals surface area contributed by atoms with Gasteiger partial charge in [0.15, 0.2) is 5.76 Å². The molecule has 0 spiro atoms. The van der Waals surface area contributed by atoms with Crippen molar-refractivity contribution in [3.8, 4) is 0 Å². The average molecular weight is 459 g/mol. The molecule has 32 heavy (non-hydrogen) atoms. The second-order valence-electron chi connectivity index (χ2n) is 7.94. The minimum absolute atomic E-state index is 0.0876. The molecule has 2 aliphatic heterocycles. The Balaban J connectivity index is 1.37. The van der Waals surface area contributed by atoms with Crippen LogP contribution in [0, 0.1) is 13.8 Å². The first-order valence-electron chi connectivity index (χ1n) is 10.6. The van der Waals surface area contributed by atoms with E-state index in [0.717, 1.165) is 24.1 Å². The summed E-state index contributed by atoms with van der Waals surface area (Å²) in [4.78, 5) is 28.6. The predicted octanol–water partition coefficient (Wildman–Crippen LogP) is 1.66. The molecule has 1 saturated heterocycles. The van der Waals surface area contributed by atoms with E-state index in [4.69, 9.17) is 4.52 Å². The highest BCUT2D eigenvalue weighted by atomic mass is 32.2. The second-order valence-corrected chi connectivity index (χ2v) is 9.81. The van der Waals surface area contributed by atoms with E-state index in [1.807, 2.05) is 24.3 Å². The Kier molecular flexibility index (Phi) is 6.16. The van der Waals surface area contributed by atoms with Crippen LogP contribution in [0.1, 0.15) is 23.4 Å².